The van der Waals surface area contributed by atoms with Crippen LogP contribution in [0.3, 0.4) is 0 Å². The van der Waals surface area contributed by atoms with E-state index in [-0.39, 0.29) is 12.1 Å². The van der Waals surface area contributed by atoms with Crippen LogP contribution in [0.15, 0.2) is 18.2 Å². The number of ether oxygens (including phenoxy) is 1. The topological polar surface area (TPSA) is 55.6 Å². The van der Waals surface area contributed by atoms with Gasteiger partial charge in [-0.2, -0.15) is 0 Å². The van der Waals surface area contributed by atoms with E-state index < -0.39 is 0 Å². The van der Waals surface area contributed by atoms with E-state index >= 15 is 0 Å². The summed E-state index contributed by atoms with van der Waals surface area (Å²) >= 11 is 5.87. The monoisotopic (exact) mass is 240 g/mol. The first-order chi connectivity index (χ1) is 7.63. The fraction of sp³-hybridized carbons (Fsp3) is 0.364. The molecule has 1 fully saturated rings. The number of amides is 1. The van der Waals surface area contributed by atoms with Crippen LogP contribution in [0.5, 0.6) is 0 Å². The molecule has 1 aromatic rings. The summed E-state index contributed by atoms with van der Waals surface area (Å²) in [5.74, 6) is 0. The van der Waals surface area contributed by atoms with Crippen LogP contribution in [-0.4, -0.2) is 25.3 Å². The van der Waals surface area contributed by atoms with Crippen LogP contribution >= 0.6 is 11.6 Å². The van der Waals surface area contributed by atoms with E-state index in [1.165, 1.54) is 0 Å². The number of carbonyl (C=O) groups excluding carboxylic acids is 1. The highest BCUT2D eigenvalue weighted by molar-refractivity contribution is 6.30. The van der Waals surface area contributed by atoms with E-state index in [9.17, 15) is 4.79 Å². The van der Waals surface area contributed by atoms with Crippen molar-refractivity contribution < 1.29 is 9.53 Å². The maximum atomic E-state index is 11.6. The van der Waals surface area contributed by atoms with Crippen molar-refractivity contribution in [2.75, 3.05) is 18.1 Å². The van der Waals surface area contributed by atoms with E-state index in [1.807, 2.05) is 19.1 Å². The van der Waals surface area contributed by atoms with Gasteiger partial charge in [0.25, 0.3) is 0 Å². The summed E-state index contributed by atoms with van der Waals surface area (Å²) in [5, 5.41) is 0.651. The third kappa shape index (κ3) is 1.86. The number of anilines is 1. The first-order valence-electron chi connectivity index (χ1n) is 5.05. The average molecular weight is 241 g/mol. The molecule has 0 saturated carbocycles. The van der Waals surface area contributed by atoms with Gasteiger partial charge in [0.2, 0.25) is 0 Å². The lowest BCUT2D eigenvalue weighted by Gasteiger charge is -2.21. The standard InChI is InChI=1S/C11H13ClN2O2/c1-7-4-8(12)2-3-10(7)14-9(5-13)6-16-11(14)15/h2-4,9H,5-6,13H2,1H3. The molecule has 1 aliphatic heterocycles. The molecule has 0 aliphatic carbocycles. The van der Waals surface area contributed by atoms with Crippen LogP contribution in [0.1, 0.15) is 5.56 Å². The molecule has 1 aliphatic rings. The van der Waals surface area contributed by atoms with Crippen LogP contribution in [0.4, 0.5) is 10.5 Å². The smallest absolute Gasteiger partial charge is 0.414 e. The first kappa shape index (κ1) is 11.2. The number of cyclic esters (lactones) is 1. The second-order valence-corrected chi connectivity index (χ2v) is 4.20. The summed E-state index contributed by atoms with van der Waals surface area (Å²) in [4.78, 5) is 13.2. The van der Waals surface area contributed by atoms with Gasteiger partial charge in [-0.25, -0.2) is 4.79 Å². The maximum absolute atomic E-state index is 11.6. The molecule has 5 heteroatoms. The molecular weight excluding hydrogens is 228 g/mol. The molecule has 1 saturated heterocycles. The van der Waals surface area contributed by atoms with Gasteiger partial charge in [-0.1, -0.05) is 11.6 Å². The minimum absolute atomic E-state index is 0.0904. The predicted octanol–water partition coefficient (Wildman–Crippen LogP) is 1.93. The normalized spacial score (nSPS) is 20.1. The van der Waals surface area contributed by atoms with Crippen molar-refractivity contribution in [1.29, 1.82) is 0 Å². The summed E-state index contributed by atoms with van der Waals surface area (Å²) in [7, 11) is 0. The van der Waals surface area contributed by atoms with Gasteiger partial charge < -0.3 is 10.5 Å². The molecule has 0 aromatic heterocycles. The van der Waals surface area contributed by atoms with Gasteiger partial charge in [-0.05, 0) is 30.7 Å². The molecule has 1 atom stereocenters. The minimum Gasteiger partial charge on any atom is -0.447 e. The van der Waals surface area contributed by atoms with E-state index in [0.29, 0.717) is 18.2 Å². The van der Waals surface area contributed by atoms with E-state index in [0.717, 1.165) is 11.3 Å². The highest BCUT2D eigenvalue weighted by Crippen LogP contribution is 2.28. The summed E-state index contributed by atoms with van der Waals surface area (Å²) < 4.78 is 4.98. The number of benzene rings is 1. The molecular formula is C11H13ClN2O2. The van der Waals surface area contributed by atoms with Gasteiger partial charge in [0.15, 0.2) is 0 Å². The molecule has 1 unspecified atom stereocenters. The van der Waals surface area contributed by atoms with Gasteiger partial charge in [-0.15, -0.1) is 0 Å². The SMILES string of the molecule is Cc1cc(Cl)ccc1N1C(=O)OCC1CN. The minimum atomic E-state index is -0.346. The number of nitrogens with zero attached hydrogens (tertiary/aromatic N) is 1. The molecule has 0 spiro atoms. The van der Waals surface area contributed by atoms with Crippen molar-refractivity contribution in [2.45, 2.75) is 13.0 Å². The second-order valence-electron chi connectivity index (χ2n) is 3.77. The Bertz CT molecular complexity index is 422. The lowest BCUT2D eigenvalue weighted by Crippen LogP contribution is -2.39. The van der Waals surface area contributed by atoms with E-state index in [1.54, 1.807) is 11.0 Å². The molecule has 0 radical (unpaired) electrons. The first-order valence-corrected chi connectivity index (χ1v) is 5.43. The summed E-state index contributed by atoms with van der Waals surface area (Å²) in [5.41, 5.74) is 7.35. The summed E-state index contributed by atoms with van der Waals surface area (Å²) in [6, 6.07) is 5.29. The van der Waals surface area contributed by atoms with Crippen molar-refractivity contribution in [3.63, 3.8) is 0 Å². The number of carbonyl (C=O) groups is 1. The molecule has 1 heterocycles. The van der Waals surface area contributed by atoms with Crippen molar-refractivity contribution in [1.82, 2.24) is 0 Å². The Morgan fingerprint density at radius 3 is 3.00 bits per heavy atom. The molecule has 2 rings (SSSR count). The van der Waals surface area contributed by atoms with Crippen molar-refractivity contribution in [3.8, 4) is 0 Å². The van der Waals surface area contributed by atoms with Gasteiger partial charge in [-0.3, -0.25) is 4.90 Å². The number of hydrogen-bond donors (Lipinski definition) is 1. The molecule has 86 valence electrons. The quantitative estimate of drug-likeness (QED) is 0.860. The third-order valence-electron chi connectivity index (χ3n) is 2.65. The second kappa shape index (κ2) is 4.31. The Morgan fingerprint density at radius 2 is 2.38 bits per heavy atom. The average Bonchev–Trinajstić information content (AvgIpc) is 2.60. The van der Waals surface area contributed by atoms with Gasteiger partial charge in [0.05, 0.1) is 11.7 Å². The fourth-order valence-electron chi connectivity index (χ4n) is 1.82. The molecule has 16 heavy (non-hydrogen) atoms. The maximum Gasteiger partial charge on any atom is 0.414 e. The zero-order valence-electron chi connectivity index (χ0n) is 8.94. The fourth-order valence-corrected chi connectivity index (χ4v) is 2.04. The molecule has 4 nitrogen and oxygen atoms in total. The van der Waals surface area contributed by atoms with Crippen LogP contribution in [-0.2, 0) is 4.74 Å². The Morgan fingerprint density at radius 1 is 1.62 bits per heavy atom. The Kier molecular flexibility index (Phi) is 3.03. The number of halogens is 1. The van der Waals surface area contributed by atoms with Crippen molar-refractivity contribution in [3.05, 3.63) is 28.8 Å². The van der Waals surface area contributed by atoms with Crippen LogP contribution in [0.2, 0.25) is 5.02 Å². The zero-order chi connectivity index (χ0) is 11.7. The Hall–Kier alpha value is -1.26. The highest BCUT2D eigenvalue weighted by Gasteiger charge is 2.33. The zero-order valence-corrected chi connectivity index (χ0v) is 9.70. The number of aryl methyl sites for hydroxylation is 1. The molecule has 1 amide bonds. The Balaban J connectivity index is 2.38. The largest absolute Gasteiger partial charge is 0.447 e. The number of rotatable bonds is 2. The lowest BCUT2D eigenvalue weighted by molar-refractivity contribution is 0.179. The number of hydrogen-bond acceptors (Lipinski definition) is 3. The predicted molar refractivity (Wildman–Crippen MR) is 62.9 cm³/mol. The van der Waals surface area contributed by atoms with Crippen LogP contribution in [0, 0.1) is 6.92 Å². The van der Waals surface area contributed by atoms with Gasteiger partial charge >= 0.3 is 6.09 Å². The Labute approximate surface area is 98.9 Å². The van der Waals surface area contributed by atoms with Crippen molar-refractivity contribution in [2.24, 2.45) is 5.73 Å². The van der Waals surface area contributed by atoms with Crippen molar-refractivity contribution >= 4 is 23.4 Å². The van der Waals surface area contributed by atoms with Gasteiger partial charge in [0, 0.05) is 11.6 Å². The summed E-state index contributed by atoms with van der Waals surface area (Å²) in [6.07, 6.45) is -0.346. The van der Waals surface area contributed by atoms with Gasteiger partial charge in [0.1, 0.15) is 6.61 Å². The lowest BCUT2D eigenvalue weighted by atomic mass is 10.1. The highest BCUT2D eigenvalue weighted by atomic mass is 35.5. The van der Waals surface area contributed by atoms with Crippen LogP contribution in [0.25, 0.3) is 0 Å². The molecule has 2 N–H and O–H groups in total. The number of nitrogens with two attached hydrogens (primary N) is 1. The molecule has 0 bridgehead atoms. The summed E-state index contributed by atoms with van der Waals surface area (Å²) in [6.45, 7) is 2.63. The van der Waals surface area contributed by atoms with E-state index in [4.69, 9.17) is 22.1 Å². The molecule has 1 aromatic carbocycles. The van der Waals surface area contributed by atoms with E-state index in [2.05, 4.69) is 0 Å². The third-order valence-corrected chi connectivity index (χ3v) is 2.89. The van der Waals surface area contributed by atoms with Crippen LogP contribution < -0.4 is 10.6 Å².